The lowest BCUT2D eigenvalue weighted by Gasteiger charge is -2.40. The van der Waals surface area contributed by atoms with Gasteiger partial charge in [0.15, 0.2) is 0 Å². The van der Waals surface area contributed by atoms with Gasteiger partial charge in [-0.15, -0.1) is 0 Å². The number of fused-ring (bicyclic) bond motifs is 13. The largest absolute Gasteiger partial charge is 0.491 e. The van der Waals surface area contributed by atoms with Gasteiger partial charge in [0.2, 0.25) is 0 Å². The fourth-order valence-corrected chi connectivity index (χ4v) is 7.10. The number of ether oxygens (including phenoxy) is 5. The molecule has 6 aromatic rings. The summed E-state index contributed by atoms with van der Waals surface area (Å²) in [6.07, 6.45) is 0. The molecule has 0 bridgehead atoms. The number of methoxy groups -OCH3 is 2. The van der Waals surface area contributed by atoms with E-state index in [9.17, 15) is 0 Å². The second-order valence-corrected chi connectivity index (χ2v) is 11.3. The molecule has 0 N–H and O–H groups in total. The van der Waals surface area contributed by atoms with Crippen LogP contribution in [0.1, 0.15) is 22.3 Å². The Kier molecular flexibility index (Phi) is 6.51. The maximum absolute atomic E-state index is 7.08. The Hall–Kier alpha value is -4.84. The molecule has 44 heavy (non-hydrogen) atoms. The third-order valence-electron chi connectivity index (χ3n) is 8.96. The first kappa shape index (κ1) is 26.8. The van der Waals surface area contributed by atoms with Crippen LogP contribution in [-0.4, -0.2) is 40.6 Å². The SMILES string of the molecule is COCCOc1ccc2c3c(ccc2c1)C1(c2ccccc2-c2ccccc21)c1ccc2cc(OCCOC)ccc2c1O3. The lowest BCUT2D eigenvalue weighted by Crippen LogP contribution is -2.32. The van der Waals surface area contributed by atoms with Gasteiger partial charge in [-0.2, -0.15) is 0 Å². The molecule has 2 aliphatic rings. The Labute approximate surface area is 256 Å². The van der Waals surface area contributed by atoms with E-state index in [2.05, 4.69) is 97.1 Å². The molecule has 218 valence electrons. The summed E-state index contributed by atoms with van der Waals surface area (Å²) < 4.78 is 29.4. The van der Waals surface area contributed by atoms with Crippen LogP contribution in [0.15, 0.2) is 109 Å². The van der Waals surface area contributed by atoms with E-state index in [1.165, 1.54) is 22.3 Å². The van der Waals surface area contributed by atoms with Crippen LogP contribution in [0.3, 0.4) is 0 Å². The Morgan fingerprint density at radius 2 is 0.977 bits per heavy atom. The lowest BCUT2D eigenvalue weighted by molar-refractivity contribution is 0.146. The molecule has 0 amide bonds. The second-order valence-electron chi connectivity index (χ2n) is 11.3. The molecule has 8 rings (SSSR count). The first-order valence-electron chi connectivity index (χ1n) is 15.0. The molecule has 1 heterocycles. The normalized spacial score (nSPS) is 13.7. The molecule has 0 aromatic heterocycles. The van der Waals surface area contributed by atoms with E-state index in [0.29, 0.717) is 26.4 Å². The number of rotatable bonds is 8. The Morgan fingerprint density at radius 1 is 0.500 bits per heavy atom. The highest BCUT2D eigenvalue weighted by Gasteiger charge is 2.51. The van der Waals surface area contributed by atoms with E-state index in [1.807, 2.05) is 12.1 Å². The summed E-state index contributed by atoms with van der Waals surface area (Å²) in [5.74, 6) is 3.36. The van der Waals surface area contributed by atoms with Crippen LogP contribution in [0.2, 0.25) is 0 Å². The number of hydrogen-bond donors (Lipinski definition) is 0. The van der Waals surface area contributed by atoms with Crippen LogP contribution in [0.4, 0.5) is 0 Å². The third-order valence-corrected chi connectivity index (χ3v) is 8.96. The summed E-state index contributed by atoms with van der Waals surface area (Å²) in [6.45, 7) is 2.07. The average Bonchev–Trinajstić information content (AvgIpc) is 3.35. The van der Waals surface area contributed by atoms with Crippen LogP contribution in [-0.2, 0) is 14.9 Å². The zero-order valence-electron chi connectivity index (χ0n) is 24.8. The van der Waals surface area contributed by atoms with Crippen LogP contribution < -0.4 is 14.2 Å². The topological polar surface area (TPSA) is 46.2 Å². The van der Waals surface area contributed by atoms with Gasteiger partial charge in [-0.25, -0.2) is 0 Å². The van der Waals surface area contributed by atoms with Gasteiger partial charge in [0.05, 0.1) is 18.6 Å². The summed E-state index contributed by atoms with van der Waals surface area (Å²) in [5, 5.41) is 4.21. The van der Waals surface area contributed by atoms with Crippen LogP contribution in [0.25, 0.3) is 32.7 Å². The quantitative estimate of drug-likeness (QED) is 0.169. The fourth-order valence-electron chi connectivity index (χ4n) is 7.10. The van der Waals surface area contributed by atoms with Gasteiger partial charge in [0, 0.05) is 36.1 Å². The monoisotopic (exact) mass is 580 g/mol. The van der Waals surface area contributed by atoms with Crippen LogP contribution >= 0.6 is 0 Å². The molecule has 5 heteroatoms. The predicted octanol–water partition coefficient (Wildman–Crippen LogP) is 8.51. The Morgan fingerprint density at radius 3 is 1.45 bits per heavy atom. The highest BCUT2D eigenvalue weighted by molar-refractivity contribution is 6.00. The van der Waals surface area contributed by atoms with Gasteiger partial charge in [0.1, 0.15) is 36.2 Å². The fraction of sp³-hybridized carbons (Fsp3) is 0.179. The van der Waals surface area contributed by atoms with Gasteiger partial charge >= 0.3 is 0 Å². The predicted molar refractivity (Wildman–Crippen MR) is 174 cm³/mol. The molecule has 1 aliphatic carbocycles. The van der Waals surface area contributed by atoms with Crippen molar-refractivity contribution in [3.63, 3.8) is 0 Å². The molecule has 6 aromatic carbocycles. The molecule has 0 unspecified atom stereocenters. The summed E-state index contributed by atoms with van der Waals surface area (Å²) in [7, 11) is 3.36. The summed E-state index contributed by atoms with van der Waals surface area (Å²) >= 11 is 0. The van der Waals surface area contributed by atoms with Crippen molar-refractivity contribution in [2.45, 2.75) is 5.41 Å². The molecule has 0 saturated carbocycles. The van der Waals surface area contributed by atoms with Gasteiger partial charge in [-0.3, -0.25) is 0 Å². The number of hydrogen-bond acceptors (Lipinski definition) is 5. The Bertz CT molecular complexity index is 1900. The molecule has 0 saturated heterocycles. The van der Waals surface area contributed by atoms with E-state index in [0.717, 1.165) is 55.7 Å². The molecule has 0 radical (unpaired) electrons. The molecule has 1 aliphatic heterocycles. The Balaban J connectivity index is 1.40. The highest BCUT2D eigenvalue weighted by Crippen LogP contribution is 2.63. The van der Waals surface area contributed by atoms with E-state index in [1.54, 1.807) is 14.2 Å². The van der Waals surface area contributed by atoms with Crippen LogP contribution in [0.5, 0.6) is 23.0 Å². The zero-order chi connectivity index (χ0) is 29.7. The minimum Gasteiger partial charge on any atom is -0.491 e. The van der Waals surface area contributed by atoms with Crippen molar-refractivity contribution < 1.29 is 23.7 Å². The van der Waals surface area contributed by atoms with E-state index in [4.69, 9.17) is 23.7 Å². The minimum atomic E-state index is -0.542. The maximum atomic E-state index is 7.08. The first-order chi connectivity index (χ1) is 21.7. The van der Waals surface area contributed by atoms with E-state index >= 15 is 0 Å². The molecule has 0 fully saturated rings. The van der Waals surface area contributed by atoms with Crippen molar-refractivity contribution in [3.05, 3.63) is 131 Å². The first-order valence-corrected chi connectivity index (χ1v) is 15.0. The zero-order valence-corrected chi connectivity index (χ0v) is 24.8. The third kappa shape index (κ3) is 3.93. The van der Waals surface area contributed by atoms with Crippen molar-refractivity contribution >= 4 is 21.5 Å². The maximum Gasteiger partial charge on any atom is 0.140 e. The molecule has 5 nitrogen and oxygen atoms in total. The highest BCUT2D eigenvalue weighted by atomic mass is 16.5. The van der Waals surface area contributed by atoms with Gasteiger partial charge in [-0.1, -0.05) is 72.8 Å². The lowest BCUT2D eigenvalue weighted by atomic mass is 9.65. The average molecular weight is 581 g/mol. The smallest absolute Gasteiger partial charge is 0.140 e. The molecular formula is C39H32O5. The number of benzene rings is 6. The summed E-state index contributed by atoms with van der Waals surface area (Å²) in [4.78, 5) is 0. The minimum absolute atomic E-state index is 0.497. The van der Waals surface area contributed by atoms with Crippen molar-refractivity contribution in [3.8, 4) is 34.1 Å². The van der Waals surface area contributed by atoms with Gasteiger partial charge in [-0.05, 0) is 69.4 Å². The molecule has 1 spiro atoms. The van der Waals surface area contributed by atoms with E-state index in [-0.39, 0.29) is 0 Å². The van der Waals surface area contributed by atoms with Crippen molar-refractivity contribution in [1.82, 2.24) is 0 Å². The van der Waals surface area contributed by atoms with Gasteiger partial charge < -0.3 is 23.7 Å². The standard InChI is InChI=1S/C39H32O5/c1-40-19-21-42-27-13-15-29-25(23-27)11-17-35-37(29)44-38-30-16-14-28(43-22-20-41-2)24-26(30)12-18-36(38)39(35)33-9-5-3-7-31(33)32-8-4-6-10-34(32)39/h3-18,23-24H,19-22H2,1-2H3. The van der Waals surface area contributed by atoms with Crippen molar-refractivity contribution in [2.24, 2.45) is 0 Å². The summed E-state index contributed by atoms with van der Waals surface area (Å²) in [5.41, 5.74) is 6.79. The van der Waals surface area contributed by atoms with Gasteiger partial charge in [0.25, 0.3) is 0 Å². The molecule has 0 atom stereocenters. The summed E-state index contributed by atoms with van der Waals surface area (Å²) in [6, 6.07) is 38.9. The van der Waals surface area contributed by atoms with Crippen molar-refractivity contribution in [2.75, 3.05) is 40.6 Å². The van der Waals surface area contributed by atoms with Crippen LogP contribution in [0, 0.1) is 0 Å². The van der Waals surface area contributed by atoms with E-state index < -0.39 is 5.41 Å². The second kappa shape index (κ2) is 10.7. The van der Waals surface area contributed by atoms with Crippen molar-refractivity contribution in [1.29, 1.82) is 0 Å². The molecular weight excluding hydrogens is 548 g/mol.